The number of ether oxygens (including phenoxy) is 1. The molecule has 0 saturated heterocycles. The zero-order valence-electron chi connectivity index (χ0n) is 18.4. The first-order chi connectivity index (χ1) is 15.1. The van der Waals surface area contributed by atoms with Gasteiger partial charge in [-0.1, -0.05) is 37.8 Å². The summed E-state index contributed by atoms with van der Waals surface area (Å²) in [4.78, 5) is 0.170. The lowest BCUT2D eigenvalue weighted by atomic mass is 10.0. The minimum atomic E-state index is -3.36. The van der Waals surface area contributed by atoms with Gasteiger partial charge in [0.2, 0.25) is 0 Å². The summed E-state index contributed by atoms with van der Waals surface area (Å²) in [6.07, 6.45) is 1.75. The molecule has 4 nitrogen and oxygen atoms in total. The molecular formula is C26H27FO4S. The quantitative estimate of drug-likeness (QED) is 0.555. The summed E-state index contributed by atoms with van der Waals surface area (Å²) in [5, 5.41) is 10.9. The molecule has 0 saturated carbocycles. The molecule has 0 amide bonds. The van der Waals surface area contributed by atoms with E-state index < -0.39 is 15.7 Å². The fourth-order valence-electron chi connectivity index (χ4n) is 2.96. The molecule has 0 aromatic heterocycles. The van der Waals surface area contributed by atoms with E-state index in [1.54, 1.807) is 44.2 Å². The van der Waals surface area contributed by atoms with Gasteiger partial charge in [-0.05, 0) is 67.1 Å². The first-order valence-corrected chi connectivity index (χ1v) is 11.6. The van der Waals surface area contributed by atoms with Crippen molar-refractivity contribution in [2.75, 3.05) is 5.75 Å². The summed E-state index contributed by atoms with van der Waals surface area (Å²) >= 11 is 0. The highest BCUT2D eigenvalue weighted by atomic mass is 32.2. The van der Waals surface area contributed by atoms with Gasteiger partial charge in [-0.15, -0.1) is 6.58 Å². The number of sulfone groups is 1. The highest BCUT2D eigenvalue weighted by Gasteiger charge is 2.13. The van der Waals surface area contributed by atoms with Crippen LogP contribution in [0.5, 0.6) is 17.2 Å². The largest absolute Gasteiger partial charge is 0.507 e. The van der Waals surface area contributed by atoms with Crippen LogP contribution in [0.4, 0.5) is 4.39 Å². The van der Waals surface area contributed by atoms with Crippen LogP contribution in [0, 0.1) is 5.82 Å². The van der Waals surface area contributed by atoms with Crippen molar-refractivity contribution in [2.45, 2.75) is 25.7 Å². The zero-order chi connectivity index (χ0) is 23.9. The van der Waals surface area contributed by atoms with Gasteiger partial charge in [-0.3, -0.25) is 0 Å². The number of hydrogen-bond donors (Lipinski definition) is 1. The SMILES string of the molecule is C=CC.C=c1c(O)ccc/c1=C(/C)c1cc(Oc2cccc(S(=O)(=O)CC)c2)ccc1F. The molecule has 3 aromatic rings. The van der Waals surface area contributed by atoms with Gasteiger partial charge in [0, 0.05) is 10.8 Å². The van der Waals surface area contributed by atoms with Gasteiger partial charge in [0.15, 0.2) is 9.84 Å². The van der Waals surface area contributed by atoms with Crippen molar-refractivity contribution < 1.29 is 22.7 Å². The Bertz CT molecular complexity index is 1330. The monoisotopic (exact) mass is 454 g/mol. The molecule has 0 aliphatic heterocycles. The van der Waals surface area contributed by atoms with Crippen LogP contribution in [0.1, 0.15) is 26.3 Å². The Kier molecular flexibility index (Phi) is 8.38. The second kappa shape index (κ2) is 10.8. The molecule has 0 unspecified atom stereocenters. The van der Waals surface area contributed by atoms with E-state index >= 15 is 0 Å². The van der Waals surface area contributed by atoms with Crippen molar-refractivity contribution in [3.05, 3.63) is 95.1 Å². The summed E-state index contributed by atoms with van der Waals surface area (Å²) in [6, 6.07) is 15.4. The molecule has 0 atom stereocenters. The van der Waals surface area contributed by atoms with Crippen LogP contribution in [-0.4, -0.2) is 19.3 Å². The Hall–Kier alpha value is -3.38. The van der Waals surface area contributed by atoms with E-state index in [4.69, 9.17) is 4.74 Å². The average Bonchev–Trinajstić information content (AvgIpc) is 2.77. The van der Waals surface area contributed by atoms with Gasteiger partial charge in [-0.2, -0.15) is 0 Å². The van der Waals surface area contributed by atoms with Crippen LogP contribution in [0.25, 0.3) is 12.2 Å². The number of hydrogen-bond acceptors (Lipinski definition) is 4. The van der Waals surface area contributed by atoms with Crippen LogP contribution in [0.3, 0.4) is 0 Å². The van der Waals surface area contributed by atoms with Gasteiger partial charge in [0.25, 0.3) is 0 Å². The van der Waals surface area contributed by atoms with Gasteiger partial charge in [0.1, 0.15) is 23.1 Å². The summed E-state index contributed by atoms with van der Waals surface area (Å²) in [5.74, 6) is 0.272. The maximum Gasteiger partial charge on any atom is 0.178 e. The van der Waals surface area contributed by atoms with E-state index in [1.807, 2.05) is 6.92 Å². The molecule has 0 heterocycles. The third-order valence-corrected chi connectivity index (χ3v) is 6.41. The molecule has 3 aromatic carbocycles. The van der Waals surface area contributed by atoms with E-state index in [1.165, 1.54) is 36.4 Å². The van der Waals surface area contributed by atoms with Crippen molar-refractivity contribution in [1.29, 1.82) is 0 Å². The van der Waals surface area contributed by atoms with E-state index in [0.717, 1.165) is 0 Å². The van der Waals surface area contributed by atoms with Crippen LogP contribution in [-0.2, 0) is 9.84 Å². The molecule has 0 aliphatic rings. The zero-order valence-corrected chi connectivity index (χ0v) is 19.2. The van der Waals surface area contributed by atoms with Crippen molar-refractivity contribution in [3.63, 3.8) is 0 Å². The van der Waals surface area contributed by atoms with Crippen molar-refractivity contribution in [2.24, 2.45) is 0 Å². The molecular weight excluding hydrogens is 427 g/mol. The Morgan fingerprint density at radius 2 is 1.72 bits per heavy atom. The van der Waals surface area contributed by atoms with Crippen LogP contribution < -0.4 is 15.2 Å². The molecule has 168 valence electrons. The van der Waals surface area contributed by atoms with E-state index in [-0.39, 0.29) is 16.4 Å². The van der Waals surface area contributed by atoms with Crippen molar-refractivity contribution in [1.82, 2.24) is 0 Å². The van der Waals surface area contributed by atoms with Gasteiger partial charge >= 0.3 is 0 Å². The highest BCUT2D eigenvalue weighted by Crippen LogP contribution is 2.28. The molecule has 6 heteroatoms. The lowest BCUT2D eigenvalue weighted by Gasteiger charge is -2.11. The van der Waals surface area contributed by atoms with Crippen LogP contribution in [0.2, 0.25) is 0 Å². The normalized spacial score (nSPS) is 11.8. The maximum atomic E-state index is 14.5. The predicted molar refractivity (Wildman–Crippen MR) is 128 cm³/mol. The number of aromatic hydroxyl groups is 1. The summed E-state index contributed by atoms with van der Waals surface area (Å²) < 4.78 is 44.4. The number of halogens is 1. The van der Waals surface area contributed by atoms with E-state index in [0.29, 0.717) is 33.1 Å². The number of phenolic OH excluding ortho intramolecular Hbond substituents is 1. The van der Waals surface area contributed by atoms with Gasteiger partial charge in [-0.25, -0.2) is 12.8 Å². The Labute approximate surface area is 188 Å². The van der Waals surface area contributed by atoms with Gasteiger partial charge < -0.3 is 9.84 Å². The first-order valence-electron chi connectivity index (χ1n) is 10.00. The molecule has 32 heavy (non-hydrogen) atoms. The Balaban J connectivity index is 0.00000114. The van der Waals surface area contributed by atoms with Crippen LogP contribution >= 0.6 is 0 Å². The fraction of sp³-hybridized carbons (Fsp3) is 0.154. The highest BCUT2D eigenvalue weighted by molar-refractivity contribution is 7.91. The minimum absolute atomic E-state index is 0.0113. The topological polar surface area (TPSA) is 63.6 Å². The molecule has 0 fully saturated rings. The van der Waals surface area contributed by atoms with E-state index in [2.05, 4.69) is 13.2 Å². The molecule has 1 N–H and O–H groups in total. The third-order valence-electron chi connectivity index (χ3n) is 4.68. The molecule has 0 aliphatic carbocycles. The molecule has 0 bridgehead atoms. The first kappa shape index (κ1) is 24.9. The average molecular weight is 455 g/mol. The molecule has 0 spiro atoms. The standard InChI is InChI=1S/C23H21FO4S.C3H6/c1-4-29(26,27)19-8-5-7-17(13-19)28-18-11-12-22(24)21(14-18)15(2)20-9-6-10-23(25)16(20)3;1-3-2/h5-14,25H,3-4H2,1-2H3;3H,1H2,2H3/b20-15+;. The lowest BCUT2D eigenvalue weighted by molar-refractivity contribution is 0.470. The number of phenols is 1. The Morgan fingerprint density at radius 3 is 2.38 bits per heavy atom. The fourth-order valence-corrected chi connectivity index (χ4v) is 3.88. The van der Waals surface area contributed by atoms with Crippen molar-refractivity contribution >= 4 is 22.0 Å². The number of rotatable bonds is 5. The Morgan fingerprint density at radius 1 is 1.09 bits per heavy atom. The number of benzene rings is 3. The van der Waals surface area contributed by atoms with E-state index in [9.17, 15) is 17.9 Å². The smallest absolute Gasteiger partial charge is 0.178 e. The second-order valence-electron chi connectivity index (χ2n) is 6.96. The van der Waals surface area contributed by atoms with Crippen LogP contribution in [0.15, 0.2) is 78.2 Å². The third kappa shape index (κ3) is 5.86. The predicted octanol–water partition coefficient (Wildman–Crippen LogP) is 4.94. The second-order valence-corrected chi connectivity index (χ2v) is 9.24. The lowest BCUT2D eigenvalue weighted by Crippen LogP contribution is -2.25. The summed E-state index contributed by atoms with van der Waals surface area (Å²) in [6.45, 7) is 12.4. The molecule has 3 rings (SSSR count). The maximum absolute atomic E-state index is 14.5. The minimum Gasteiger partial charge on any atom is -0.507 e. The van der Waals surface area contributed by atoms with Crippen molar-refractivity contribution in [3.8, 4) is 17.2 Å². The van der Waals surface area contributed by atoms with Gasteiger partial charge in [0.05, 0.1) is 10.6 Å². The molecule has 0 radical (unpaired) electrons. The summed E-state index contributed by atoms with van der Waals surface area (Å²) in [7, 11) is -3.36. The number of allylic oxidation sites excluding steroid dienone is 1. The summed E-state index contributed by atoms with van der Waals surface area (Å²) in [5.41, 5.74) is 0.895.